The largest absolute Gasteiger partial charge is 0.493 e. The van der Waals surface area contributed by atoms with Crippen molar-refractivity contribution in [3.8, 4) is 11.5 Å². The van der Waals surface area contributed by atoms with E-state index >= 15 is 0 Å². The number of benzene rings is 1. The number of alkyl carbamates (subject to hydrolysis) is 1. The van der Waals surface area contributed by atoms with Gasteiger partial charge in [-0.1, -0.05) is 52.7 Å². The van der Waals surface area contributed by atoms with E-state index < -0.39 is 67.7 Å². The molecule has 2 aromatic rings. The second-order valence-electron chi connectivity index (χ2n) is 19.1. The van der Waals surface area contributed by atoms with Crippen LogP contribution in [0, 0.1) is 11.3 Å². The molecule has 5 unspecified atom stereocenters. The topological polar surface area (TPSA) is 192 Å². The standard InChI is InChI=1S/C45H63N5O10S/c1-7-33-37-31(32-24-30(16-17-34(32)46-33)58-23-13-22-57-6)18-19-44(60-37)26-36-38(51)48-45(40(53)49-61(55,56)43(5)20-21-43)25-29(45)14-11-9-8-10-12-15-35(39(52)50(36)27-44)47-41(54)59-28-42(2,3)4/h11,14,16-17,24,29,35-36H,7-10,12-13,15,18-23,25-28H2,1-6H3,(H,47,54)(H,48,51)(H,49,53). The van der Waals surface area contributed by atoms with E-state index in [1.54, 1.807) is 14.0 Å². The molecule has 1 aromatic carbocycles. The smallest absolute Gasteiger partial charge is 0.407 e. The molecule has 5 atom stereocenters. The highest BCUT2D eigenvalue weighted by Gasteiger charge is 2.64. The third kappa shape index (κ3) is 9.64. The number of hydrogen-bond acceptors (Lipinski definition) is 11. The number of fused-ring (bicyclic) bond motifs is 5. The monoisotopic (exact) mass is 865 g/mol. The van der Waals surface area contributed by atoms with Gasteiger partial charge in [-0.2, -0.15) is 0 Å². The molecule has 3 fully saturated rings. The van der Waals surface area contributed by atoms with Gasteiger partial charge in [0.25, 0.3) is 5.91 Å². The maximum absolute atomic E-state index is 14.9. The molecule has 3 aliphatic heterocycles. The lowest BCUT2D eigenvalue weighted by Gasteiger charge is -2.37. The predicted molar refractivity (Wildman–Crippen MR) is 229 cm³/mol. The van der Waals surface area contributed by atoms with Crippen LogP contribution in [0.15, 0.2) is 30.4 Å². The Bertz CT molecular complexity index is 2170. The Labute approximate surface area is 359 Å². The highest BCUT2D eigenvalue weighted by molar-refractivity contribution is 7.91. The summed E-state index contributed by atoms with van der Waals surface area (Å²) in [6.07, 6.45) is 9.90. The number of amides is 4. The molecular weight excluding hydrogens is 803 g/mol. The zero-order chi connectivity index (χ0) is 43.8. The van der Waals surface area contributed by atoms with Crippen LogP contribution in [-0.4, -0.2) is 104 Å². The number of nitrogens with one attached hydrogen (secondary N) is 3. The van der Waals surface area contributed by atoms with E-state index in [1.807, 2.05) is 58.0 Å². The van der Waals surface area contributed by atoms with Gasteiger partial charge in [-0.15, -0.1) is 0 Å². The number of sulfonamides is 1. The number of rotatable bonds is 11. The normalized spacial score (nSPS) is 27.4. The zero-order valence-corrected chi connectivity index (χ0v) is 37.3. The van der Waals surface area contributed by atoms with Gasteiger partial charge in [-0.3, -0.25) is 19.1 Å². The molecule has 3 N–H and O–H groups in total. The average Bonchev–Trinajstić information content (AvgIpc) is 4.11. The van der Waals surface area contributed by atoms with E-state index in [0.717, 1.165) is 41.4 Å². The van der Waals surface area contributed by atoms with Crippen molar-refractivity contribution in [2.45, 2.75) is 146 Å². The number of carbonyl (C=O) groups is 4. The number of aromatic nitrogens is 1. The first-order valence-electron chi connectivity index (χ1n) is 22.0. The number of carbonyl (C=O) groups excluding carboxylic acids is 4. The van der Waals surface area contributed by atoms with Crippen LogP contribution in [0.1, 0.15) is 117 Å². The van der Waals surface area contributed by atoms with E-state index in [4.69, 9.17) is 23.9 Å². The summed E-state index contributed by atoms with van der Waals surface area (Å²) < 4.78 is 51.7. The Morgan fingerprint density at radius 3 is 2.59 bits per heavy atom. The number of methoxy groups -OCH3 is 1. The van der Waals surface area contributed by atoms with Crippen LogP contribution >= 0.6 is 0 Å². The van der Waals surface area contributed by atoms with Crippen LogP contribution < -0.4 is 24.8 Å². The molecule has 0 radical (unpaired) electrons. The fraction of sp³-hybridized carbons (Fsp3) is 0.667. The molecule has 16 heteroatoms. The maximum atomic E-state index is 14.9. The van der Waals surface area contributed by atoms with Crippen LogP contribution in [0.2, 0.25) is 0 Å². The third-order valence-corrected chi connectivity index (χ3v) is 15.0. The minimum Gasteiger partial charge on any atom is -0.493 e. The molecule has 7 rings (SSSR count). The highest BCUT2D eigenvalue weighted by Crippen LogP contribution is 2.49. The summed E-state index contributed by atoms with van der Waals surface area (Å²) in [5, 5.41) is 6.70. The number of aryl methyl sites for hydroxylation is 2. The SMILES string of the molecule is CCc1nc2ccc(OCCCOC)cc2c2c1OC1(CC2)CC2C(=O)NC3(C(=O)NS(=O)(=O)C4(C)CC4)CC3C=CCCCCCC(NC(=O)OCC(C)(C)C)C(=O)N2C1. The van der Waals surface area contributed by atoms with Gasteiger partial charge in [-0.05, 0) is 88.3 Å². The van der Waals surface area contributed by atoms with E-state index in [9.17, 15) is 27.6 Å². The van der Waals surface area contributed by atoms with E-state index in [2.05, 4.69) is 15.4 Å². The summed E-state index contributed by atoms with van der Waals surface area (Å²) in [5.41, 5.74) is -0.287. The third-order valence-electron chi connectivity index (χ3n) is 12.9. The van der Waals surface area contributed by atoms with Gasteiger partial charge >= 0.3 is 6.09 Å². The number of nitrogens with zero attached hydrogens (tertiary/aromatic N) is 2. The zero-order valence-electron chi connectivity index (χ0n) is 36.5. The molecule has 4 amide bonds. The molecule has 15 nitrogen and oxygen atoms in total. The lowest BCUT2D eigenvalue weighted by Crippen LogP contribution is -2.58. The Hall–Kier alpha value is -4.44. The Kier molecular flexibility index (Phi) is 12.7. The molecule has 4 heterocycles. The second-order valence-corrected chi connectivity index (χ2v) is 21.3. The van der Waals surface area contributed by atoms with Gasteiger partial charge in [0.05, 0.1) is 35.7 Å². The van der Waals surface area contributed by atoms with Crippen LogP contribution in [-0.2, 0) is 46.7 Å². The lowest BCUT2D eigenvalue weighted by molar-refractivity contribution is -0.141. The molecule has 1 spiro atoms. The first kappa shape index (κ1) is 44.6. The van der Waals surface area contributed by atoms with E-state index in [1.165, 1.54) is 4.90 Å². The number of pyridine rings is 1. The van der Waals surface area contributed by atoms with Crippen molar-refractivity contribution < 1.29 is 46.5 Å². The summed E-state index contributed by atoms with van der Waals surface area (Å²) in [6.45, 7) is 10.7. The minimum atomic E-state index is -4.00. The molecule has 2 saturated carbocycles. The first-order chi connectivity index (χ1) is 28.9. The van der Waals surface area contributed by atoms with Crippen molar-refractivity contribution in [1.82, 2.24) is 25.2 Å². The number of hydrogen-bond donors (Lipinski definition) is 3. The highest BCUT2D eigenvalue weighted by atomic mass is 32.2. The van der Waals surface area contributed by atoms with Crippen molar-refractivity contribution >= 4 is 44.7 Å². The number of allylic oxidation sites excluding steroid dienone is 1. The molecule has 1 saturated heterocycles. The van der Waals surface area contributed by atoms with Gasteiger partial charge in [0.2, 0.25) is 21.8 Å². The minimum absolute atomic E-state index is 0.0394. The van der Waals surface area contributed by atoms with Crippen molar-refractivity contribution in [2.24, 2.45) is 11.3 Å². The first-order valence-corrected chi connectivity index (χ1v) is 23.5. The molecule has 334 valence electrons. The molecule has 5 aliphatic rings. The van der Waals surface area contributed by atoms with Crippen LogP contribution in [0.3, 0.4) is 0 Å². The van der Waals surface area contributed by atoms with Crippen LogP contribution in [0.4, 0.5) is 4.79 Å². The molecular formula is C45H63N5O10S. The van der Waals surface area contributed by atoms with E-state index in [0.29, 0.717) is 76.1 Å². The Morgan fingerprint density at radius 2 is 1.87 bits per heavy atom. The molecule has 61 heavy (non-hydrogen) atoms. The fourth-order valence-corrected chi connectivity index (χ4v) is 10.1. The summed E-state index contributed by atoms with van der Waals surface area (Å²) >= 11 is 0. The van der Waals surface area contributed by atoms with Gasteiger partial charge in [-0.25, -0.2) is 18.2 Å². The van der Waals surface area contributed by atoms with Gasteiger partial charge < -0.3 is 34.5 Å². The predicted octanol–water partition coefficient (Wildman–Crippen LogP) is 5.41. The van der Waals surface area contributed by atoms with Crippen molar-refractivity contribution in [3.63, 3.8) is 0 Å². The average molecular weight is 866 g/mol. The lowest BCUT2D eigenvalue weighted by atomic mass is 9.87. The molecule has 0 bridgehead atoms. The van der Waals surface area contributed by atoms with E-state index in [-0.39, 0.29) is 31.4 Å². The second kappa shape index (κ2) is 17.4. The molecule has 1 aromatic heterocycles. The summed E-state index contributed by atoms with van der Waals surface area (Å²) in [7, 11) is -2.35. The summed E-state index contributed by atoms with van der Waals surface area (Å²) in [4.78, 5) is 63.5. The Balaban J connectivity index is 1.22. The van der Waals surface area contributed by atoms with Crippen molar-refractivity contribution in [2.75, 3.05) is 33.5 Å². The Morgan fingerprint density at radius 1 is 1.08 bits per heavy atom. The van der Waals surface area contributed by atoms with Crippen molar-refractivity contribution in [1.29, 1.82) is 0 Å². The van der Waals surface area contributed by atoms with Gasteiger partial charge in [0.15, 0.2) is 0 Å². The van der Waals surface area contributed by atoms with Gasteiger partial charge in [0, 0.05) is 43.4 Å². The van der Waals surface area contributed by atoms with Crippen molar-refractivity contribution in [3.05, 3.63) is 41.6 Å². The molecule has 2 aliphatic carbocycles. The van der Waals surface area contributed by atoms with Gasteiger partial charge in [0.1, 0.15) is 34.7 Å². The summed E-state index contributed by atoms with van der Waals surface area (Å²) in [6, 6.07) is 3.73. The van der Waals surface area contributed by atoms with Crippen LogP contribution in [0.5, 0.6) is 11.5 Å². The summed E-state index contributed by atoms with van der Waals surface area (Å²) in [5.74, 6) is -0.938. The fourth-order valence-electron chi connectivity index (χ4n) is 8.76. The van der Waals surface area contributed by atoms with Crippen LogP contribution in [0.25, 0.3) is 10.9 Å². The number of ether oxygens (including phenoxy) is 4. The quantitative estimate of drug-likeness (QED) is 0.193. The maximum Gasteiger partial charge on any atom is 0.407 e.